The first-order valence-electron chi connectivity index (χ1n) is 13.8. The number of methoxy groups -OCH3 is 2. The molecule has 1 aromatic rings. The highest BCUT2D eigenvalue weighted by Gasteiger charge is 2.30. The number of phenols is 2. The predicted molar refractivity (Wildman–Crippen MR) is 162 cm³/mol. The molecule has 2 amide bonds. The van der Waals surface area contributed by atoms with Crippen LogP contribution in [0.3, 0.4) is 0 Å². The molecule has 1 aliphatic heterocycles. The van der Waals surface area contributed by atoms with Crippen LogP contribution in [0.2, 0.25) is 0 Å². The number of aromatic hydroxyl groups is 2. The molecule has 0 saturated heterocycles. The highest BCUT2D eigenvalue weighted by atomic mass is 16.6. The lowest BCUT2D eigenvalue weighted by atomic mass is 9.87. The highest BCUT2D eigenvalue weighted by molar-refractivity contribution is 6.04. The molecule has 11 heteroatoms. The van der Waals surface area contributed by atoms with Gasteiger partial charge in [0.15, 0.2) is 6.10 Å². The van der Waals surface area contributed by atoms with Gasteiger partial charge in [0.25, 0.3) is 5.91 Å². The van der Waals surface area contributed by atoms with Crippen molar-refractivity contribution >= 4 is 23.4 Å². The van der Waals surface area contributed by atoms with Crippen LogP contribution >= 0.6 is 0 Å². The Morgan fingerprint density at radius 2 is 1.93 bits per heavy atom. The standard InChI is InChI=1S/C31H45N3O8/c1-8-12-33-26-21-13-17(2)14-25(41-7)27(36)19(4)15-20(5)29(42-31(32)39)24(40-6)11-9-10-18(3)30(38)34-22(28(21)37)16-23(26)35/h8-11,15-17,19,24-25,27,29,33,35-37H,1,12-14H2,2-7H3,(H2,32,39)(H,34,38)/b11-9?,18-10?,20-15+/t17-,19+,24+,25+,27-,29+/m1/s1. The highest BCUT2D eigenvalue weighted by Crippen LogP contribution is 2.42. The van der Waals surface area contributed by atoms with Crippen LogP contribution < -0.4 is 16.4 Å². The number of rotatable bonds is 6. The second kappa shape index (κ2) is 16.0. The maximum Gasteiger partial charge on any atom is 0.405 e. The number of carbonyl (C=O) groups is 2. The summed E-state index contributed by atoms with van der Waals surface area (Å²) in [6.07, 6.45) is 4.64. The van der Waals surface area contributed by atoms with Crippen LogP contribution in [0.1, 0.15) is 39.7 Å². The van der Waals surface area contributed by atoms with Gasteiger partial charge in [0.2, 0.25) is 0 Å². The maximum atomic E-state index is 13.0. The number of amides is 2. The average Bonchev–Trinajstić information content (AvgIpc) is 2.94. The number of primary amides is 1. The summed E-state index contributed by atoms with van der Waals surface area (Å²) in [6.45, 7) is 11.1. The van der Waals surface area contributed by atoms with E-state index in [0.29, 0.717) is 41.8 Å². The van der Waals surface area contributed by atoms with Crippen LogP contribution in [-0.4, -0.2) is 72.5 Å². The zero-order chi connectivity index (χ0) is 31.6. The summed E-state index contributed by atoms with van der Waals surface area (Å²) >= 11 is 0. The molecule has 2 rings (SSSR count). The smallest absolute Gasteiger partial charge is 0.405 e. The maximum absolute atomic E-state index is 13.0. The van der Waals surface area contributed by atoms with E-state index in [-0.39, 0.29) is 23.1 Å². The zero-order valence-corrected chi connectivity index (χ0v) is 25.2. The van der Waals surface area contributed by atoms with Crippen LogP contribution in [-0.2, 0) is 25.4 Å². The van der Waals surface area contributed by atoms with E-state index in [2.05, 4.69) is 17.2 Å². The fourth-order valence-electron chi connectivity index (χ4n) is 4.98. The molecule has 1 aromatic carbocycles. The fourth-order valence-corrected chi connectivity index (χ4v) is 4.98. The van der Waals surface area contributed by atoms with Crippen molar-refractivity contribution in [1.82, 2.24) is 0 Å². The number of carbonyl (C=O) groups excluding carboxylic acids is 2. The third kappa shape index (κ3) is 9.10. The second-order valence-corrected chi connectivity index (χ2v) is 10.6. The second-order valence-electron chi connectivity index (χ2n) is 10.6. The fraction of sp³-hybridized carbons (Fsp3) is 0.484. The van der Waals surface area contributed by atoms with Crippen LogP contribution in [0.25, 0.3) is 0 Å². The minimum Gasteiger partial charge on any atom is -0.506 e. The lowest BCUT2D eigenvalue weighted by Gasteiger charge is -2.29. The monoisotopic (exact) mass is 587 g/mol. The van der Waals surface area contributed by atoms with Crippen molar-refractivity contribution in [1.29, 1.82) is 0 Å². The Labute approximate surface area is 247 Å². The van der Waals surface area contributed by atoms with Gasteiger partial charge in [-0.2, -0.15) is 0 Å². The number of fused-ring (bicyclic) bond motifs is 2. The summed E-state index contributed by atoms with van der Waals surface area (Å²) in [5.41, 5.74) is 7.01. The summed E-state index contributed by atoms with van der Waals surface area (Å²) < 4.78 is 16.6. The Morgan fingerprint density at radius 1 is 1.24 bits per heavy atom. The van der Waals surface area contributed by atoms with Crippen molar-refractivity contribution in [2.24, 2.45) is 17.6 Å². The minimum absolute atomic E-state index is 0.0416. The van der Waals surface area contributed by atoms with Crippen molar-refractivity contribution in [2.45, 2.75) is 65.0 Å². The van der Waals surface area contributed by atoms with Gasteiger partial charge in [-0.1, -0.05) is 44.2 Å². The van der Waals surface area contributed by atoms with Gasteiger partial charge in [-0.3, -0.25) is 4.79 Å². The molecule has 1 aliphatic rings. The van der Waals surface area contributed by atoms with Crippen LogP contribution in [0.4, 0.5) is 16.2 Å². The number of allylic oxidation sites excluding steroid dienone is 2. The number of anilines is 2. The van der Waals surface area contributed by atoms with Gasteiger partial charge in [-0.25, -0.2) is 4.79 Å². The van der Waals surface area contributed by atoms with Gasteiger partial charge in [0.05, 0.1) is 23.6 Å². The van der Waals surface area contributed by atoms with E-state index >= 15 is 0 Å². The number of aliphatic hydroxyl groups excluding tert-OH is 1. The molecule has 0 unspecified atom stereocenters. The molecule has 0 aliphatic carbocycles. The van der Waals surface area contributed by atoms with Crippen molar-refractivity contribution in [2.75, 3.05) is 31.4 Å². The Bertz CT molecular complexity index is 1210. The molecule has 7 N–H and O–H groups in total. The van der Waals surface area contributed by atoms with Gasteiger partial charge in [-0.05, 0) is 38.2 Å². The number of hydrogen-bond acceptors (Lipinski definition) is 9. The molecule has 0 saturated carbocycles. The van der Waals surface area contributed by atoms with Gasteiger partial charge in [0.1, 0.15) is 17.6 Å². The number of nitrogens with one attached hydrogen (secondary N) is 2. The first kappa shape index (κ1) is 34.4. The van der Waals surface area contributed by atoms with Crippen LogP contribution in [0, 0.1) is 11.8 Å². The van der Waals surface area contributed by atoms with Gasteiger partial charge in [-0.15, -0.1) is 6.58 Å². The number of nitrogens with two attached hydrogens (primary N) is 1. The summed E-state index contributed by atoms with van der Waals surface area (Å²) in [5.74, 6) is -1.41. The van der Waals surface area contributed by atoms with E-state index in [1.807, 2.05) is 13.8 Å². The number of benzene rings is 1. The molecule has 2 bridgehead atoms. The van der Waals surface area contributed by atoms with E-state index < -0.39 is 42.3 Å². The predicted octanol–water partition coefficient (Wildman–Crippen LogP) is 4.16. The quantitative estimate of drug-likeness (QED) is 0.162. The first-order chi connectivity index (χ1) is 19.8. The van der Waals surface area contributed by atoms with Crippen molar-refractivity contribution in [3.63, 3.8) is 0 Å². The third-order valence-electron chi connectivity index (χ3n) is 7.25. The molecule has 0 fully saturated rings. The van der Waals surface area contributed by atoms with Gasteiger partial charge in [0, 0.05) is 43.9 Å². The van der Waals surface area contributed by atoms with E-state index in [0.717, 1.165) is 0 Å². The van der Waals surface area contributed by atoms with Crippen molar-refractivity contribution in [3.05, 3.63) is 59.7 Å². The molecular formula is C31H45N3O8. The molecule has 42 heavy (non-hydrogen) atoms. The van der Waals surface area contributed by atoms with Crippen LogP contribution in [0.5, 0.6) is 11.5 Å². The number of aliphatic hydroxyl groups is 1. The summed E-state index contributed by atoms with van der Waals surface area (Å²) in [6, 6.07) is 1.28. The van der Waals surface area contributed by atoms with Crippen LogP contribution in [0.15, 0.2) is 54.2 Å². The molecular weight excluding hydrogens is 542 g/mol. The number of hydrogen-bond donors (Lipinski definition) is 6. The molecule has 0 aromatic heterocycles. The van der Waals surface area contributed by atoms with E-state index in [9.17, 15) is 24.9 Å². The zero-order valence-electron chi connectivity index (χ0n) is 25.2. The van der Waals surface area contributed by atoms with Gasteiger partial charge >= 0.3 is 6.09 Å². The molecule has 1 heterocycles. The number of ether oxygens (including phenoxy) is 3. The molecule has 11 nitrogen and oxygen atoms in total. The third-order valence-corrected chi connectivity index (χ3v) is 7.25. The van der Waals surface area contributed by atoms with Crippen molar-refractivity contribution in [3.8, 4) is 11.5 Å². The summed E-state index contributed by atoms with van der Waals surface area (Å²) in [5, 5.41) is 39.1. The lowest BCUT2D eigenvalue weighted by molar-refractivity contribution is -0.112. The van der Waals surface area contributed by atoms with E-state index in [4.69, 9.17) is 19.9 Å². The minimum atomic E-state index is -0.990. The Balaban J connectivity index is 2.67. The molecule has 6 atom stereocenters. The number of phenolic OH excluding ortho intramolecular Hbond substituents is 2. The average molecular weight is 588 g/mol. The lowest BCUT2D eigenvalue weighted by Crippen LogP contribution is -2.37. The largest absolute Gasteiger partial charge is 0.506 e. The van der Waals surface area contributed by atoms with Gasteiger partial charge < -0.3 is 45.9 Å². The SMILES string of the molecule is C=CCNc1c(O)cc2c(O)c1C[C@@H](C)C[C@H](OC)[C@H](O)[C@@H](C)/C=C(\C)[C@H](OC(N)=O)[C@@H](OC)C=CC=C(C)C(=O)N2. The first-order valence-corrected chi connectivity index (χ1v) is 13.8. The Kier molecular flexibility index (Phi) is 13.1. The molecule has 0 spiro atoms. The van der Waals surface area contributed by atoms with E-state index in [1.165, 1.54) is 26.4 Å². The van der Waals surface area contributed by atoms with Crippen molar-refractivity contribution < 1.29 is 39.1 Å². The topological polar surface area (TPSA) is 173 Å². The Morgan fingerprint density at radius 3 is 2.52 bits per heavy atom. The summed E-state index contributed by atoms with van der Waals surface area (Å²) in [4.78, 5) is 24.7. The normalized spacial score (nSPS) is 27.3. The molecule has 0 radical (unpaired) electrons. The summed E-state index contributed by atoms with van der Waals surface area (Å²) in [7, 11) is 2.95. The Hall–Kier alpha value is -3.80. The molecule has 232 valence electrons. The van der Waals surface area contributed by atoms with E-state index in [1.54, 1.807) is 38.2 Å².